The number of halogens is 1. The van der Waals surface area contributed by atoms with E-state index in [9.17, 15) is 14.0 Å². The van der Waals surface area contributed by atoms with Crippen LogP contribution < -0.4 is 29.1 Å². The van der Waals surface area contributed by atoms with Crippen LogP contribution >= 0.6 is 11.3 Å². The second-order valence-electron chi connectivity index (χ2n) is 10.6. The Morgan fingerprint density at radius 2 is 1.72 bits per heavy atom. The van der Waals surface area contributed by atoms with Crippen molar-refractivity contribution in [1.82, 2.24) is 9.13 Å². The van der Waals surface area contributed by atoms with Gasteiger partial charge in [0.1, 0.15) is 5.82 Å². The van der Waals surface area contributed by atoms with Crippen molar-refractivity contribution in [1.29, 1.82) is 0 Å². The van der Waals surface area contributed by atoms with Crippen LogP contribution in [-0.4, -0.2) is 43.0 Å². The van der Waals surface area contributed by atoms with Gasteiger partial charge in [0.15, 0.2) is 16.3 Å². The Labute approximate surface area is 268 Å². The van der Waals surface area contributed by atoms with Crippen LogP contribution in [0.15, 0.2) is 87.9 Å². The highest BCUT2D eigenvalue weighted by atomic mass is 32.1. The fraction of sp³-hybridized carbons (Fsp3) is 0.229. The van der Waals surface area contributed by atoms with E-state index in [0.717, 1.165) is 22.0 Å². The maximum absolute atomic E-state index is 14.3. The van der Waals surface area contributed by atoms with Crippen molar-refractivity contribution in [3.8, 4) is 17.2 Å². The van der Waals surface area contributed by atoms with E-state index in [1.807, 2.05) is 36.5 Å². The minimum atomic E-state index is -0.869. The van der Waals surface area contributed by atoms with Crippen LogP contribution in [0.2, 0.25) is 0 Å². The number of nitrogens with zero attached hydrogens (tertiary/aromatic N) is 3. The third-order valence-corrected chi connectivity index (χ3v) is 8.87. The molecule has 3 heterocycles. The average molecular weight is 642 g/mol. The summed E-state index contributed by atoms with van der Waals surface area (Å²) in [5, 5.41) is 0.958. The van der Waals surface area contributed by atoms with E-state index in [2.05, 4.69) is 4.57 Å². The summed E-state index contributed by atoms with van der Waals surface area (Å²) in [4.78, 5) is 32.8. The molecular weight excluding hydrogens is 609 g/mol. The number of carbonyl (C=O) groups excluding carboxylic acids is 1. The SMILES string of the molecule is CCOC(=O)C1=C(C)N=c2s/c(=C\c3cn(Cc4ccc(F)cc4)c4ccccc34)c(=O)n2[C@@H]1c1cc(OC)c(OC)c(OC)c1. The van der Waals surface area contributed by atoms with Gasteiger partial charge in [-0.25, -0.2) is 14.2 Å². The zero-order valence-corrected chi connectivity index (χ0v) is 26.8. The number of benzene rings is 3. The molecule has 0 unspecified atom stereocenters. The summed E-state index contributed by atoms with van der Waals surface area (Å²) in [7, 11) is 4.52. The first kappa shape index (κ1) is 30.8. The molecule has 2 aromatic heterocycles. The van der Waals surface area contributed by atoms with Gasteiger partial charge in [-0.05, 0) is 61.4 Å². The lowest BCUT2D eigenvalue weighted by atomic mass is 9.95. The highest BCUT2D eigenvalue weighted by Crippen LogP contribution is 2.42. The molecule has 1 atom stereocenters. The van der Waals surface area contributed by atoms with Gasteiger partial charge in [-0.2, -0.15) is 0 Å². The van der Waals surface area contributed by atoms with E-state index in [-0.39, 0.29) is 23.6 Å². The van der Waals surface area contributed by atoms with Crippen molar-refractivity contribution in [2.24, 2.45) is 4.99 Å². The molecule has 0 N–H and O–H groups in total. The number of fused-ring (bicyclic) bond motifs is 2. The van der Waals surface area contributed by atoms with Crippen LogP contribution in [0.4, 0.5) is 4.39 Å². The van der Waals surface area contributed by atoms with Gasteiger partial charge in [0.25, 0.3) is 5.56 Å². The Morgan fingerprint density at radius 3 is 2.37 bits per heavy atom. The Hall–Kier alpha value is -5.16. The second kappa shape index (κ2) is 12.7. The number of carbonyl (C=O) groups is 1. The Balaban J connectivity index is 1.54. The first-order valence-corrected chi connectivity index (χ1v) is 15.4. The van der Waals surface area contributed by atoms with Crippen LogP contribution in [0, 0.1) is 5.82 Å². The Bertz CT molecular complexity index is 2150. The van der Waals surface area contributed by atoms with Gasteiger partial charge in [-0.15, -0.1) is 0 Å². The van der Waals surface area contributed by atoms with E-state index in [1.165, 1.54) is 49.4 Å². The maximum atomic E-state index is 14.3. The smallest absolute Gasteiger partial charge is 0.338 e. The van der Waals surface area contributed by atoms with Gasteiger partial charge in [0.2, 0.25) is 5.75 Å². The van der Waals surface area contributed by atoms with E-state index in [0.29, 0.717) is 44.4 Å². The first-order chi connectivity index (χ1) is 22.3. The molecule has 9 nitrogen and oxygen atoms in total. The number of hydrogen-bond acceptors (Lipinski definition) is 8. The molecule has 0 aliphatic carbocycles. The highest BCUT2D eigenvalue weighted by molar-refractivity contribution is 7.07. The zero-order chi connectivity index (χ0) is 32.5. The summed E-state index contributed by atoms with van der Waals surface area (Å²) >= 11 is 1.24. The minimum absolute atomic E-state index is 0.157. The van der Waals surface area contributed by atoms with Gasteiger partial charge in [-0.1, -0.05) is 41.7 Å². The molecule has 11 heteroatoms. The highest BCUT2D eigenvalue weighted by Gasteiger charge is 2.34. The second-order valence-corrected chi connectivity index (χ2v) is 11.6. The molecule has 0 spiro atoms. The quantitative estimate of drug-likeness (QED) is 0.211. The minimum Gasteiger partial charge on any atom is -0.493 e. The predicted molar refractivity (Wildman–Crippen MR) is 174 cm³/mol. The molecule has 1 aliphatic heterocycles. The van der Waals surface area contributed by atoms with Crippen molar-refractivity contribution in [3.63, 3.8) is 0 Å². The van der Waals surface area contributed by atoms with Crippen LogP contribution in [0.5, 0.6) is 17.2 Å². The van der Waals surface area contributed by atoms with Crippen molar-refractivity contribution >= 4 is 34.3 Å². The molecule has 0 saturated heterocycles. The zero-order valence-electron chi connectivity index (χ0n) is 26.0. The number of thiazole rings is 1. The van der Waals surface area contributed by atoms with Crippen molar-refractivity contribution in [2.75, 3.05) is 27.9 Å². The van der Waals surface area contributed by atoms with E-state index < -0.39 is 12.0 Å². The number of methoxy groups -OCH3 is 3. The summed E-state index contributed by atoms with van der Waals surface area (Å²) < 4.78 is 39.7. The maximum Gasteiger partial charge on any atom is 0.338 e. The molecule has 0 bridgehead atoms. The molecule has 6 rings (SSSR count). The normalized spacial score (nSPS) is 14.7. The average Bonchev–Trinajstić information content (AvgIpc) is 3.56. The number of allylic oxidation sites excluding steroid dienone is 1. The van der Waals surface area contributed by atoms with Gasteiger partial charge < -0.3 is 23.5 Å². The first-order valence-electron chi connectivity index (χ1n) is 14.6. The molecule has 0 saturated carbocycles. The van der Waals surface area contributed by atoms with E-state index in [4.69, 9.17) is 23.9 Å². The molecule has 236 valence electrons. The lowest BCUT2D eigenvalue weighted by Gasteiger charge is -2.26. The van der Waals surface area contributed by atoms with Crippen LogP contribution in [-0.2, 0) is 16.1 Å². The number of ether oxygens (including phenoxy) is 4. The monoisotopic (exact) mass is 641 g/mol. The molecule has 0 fully saturated rings. The topological polar surface area (TPSA) is 93.3 Å². The number of esters is 1. The molecule has 46 heavy (non-hydrogen) atoms. The van der Waals surface area contributed by atoms with Crippen molar-refractivity contribution < 1.29 is 28.1 Å². The van der Waals surface area contributed by atoms with Gasteiger partial charge in [0.05, 0.1) is 49.8 Å². The molecule has 1 aliphatic rings. The number of hydrogen-bond donors (Lipinski definition) is 0. The number of rotatable bonds is 9. The van der Waals surface area contributed by atoms with Crippen LogP contribution in [0.1, 0.15) is 36.6 Å². The van der Waals surface area contributed by atoms with Gasteiger partial charge >= 0.3 is 5.97 Å². The molecule has 0 amide bonds. The predicted octanol–water partition coefficient (Wildman–Crippen LogP) is 4.97. The third kappa shape index (κ3) is 5.47. The summed E-state index contributed by atoms with van der Waals surface area (Å²) in [5.74, 6) is 0.289. The Kier molecular flexibility index (Phi) is 8.50. The van der Waals surface area contributed by atoms with Crippen LogP contribution in [0.3, 0.4) is 0 Å². The lowest BCUT2D eigenvalue weighted by molar-refractivity contribution is -0.139. The molecular formula is C35H32FN3O6S. The fourth-order valence-corrected chi connectivity index (χ4v) is 6.85. The lowest BCUT2D eigenvalue weighted by Crippen LogP contribution is -2.40. The molecule has 5 aromatic rings. The fourth-order valence-electron chi connectivity index (χ4n) is 5.81. The summed E-state index contributed by atoms with van der Waals surface area (Å²) in [5.41, 5.74) is 3.70. The number of para-hydroxylation sites is 1. The molecule has 3 aromatic carbocycles. The van der Waals surface area contributed by atoms with Gasteiger partial charge in [-0.3, -0.25) is 9.36 Å². The largest absolute Gasteiger partial charge is 0.493 e. The Morgan fingerprint density at radius 1 is 1.02 bits per heavy atom. The summed E-state index contributed by atoms with van der Waals surface area (Å²) in [6.07, 6.45) is 3.83. The third-order valence-electron chi connectivity index (χ3n) is 7.89. The van der Waals surface area contributed by atoms with Crippen LogP contribution in [0.25, 0.3) is 17.0 Å². The standard InChI is InChI=1S/C35H32FN3O6S/c1-6-45-34(41)30-20(2)37-35-39(31(30)22-15-27(42-3)32(44-5)28(16-22)43-4)33(40)29(46-35)17-23-19-38(26-10-8-7-9-25(23)26)18-21-11-13-24(36)14-12-21/h7-17,19,31H,6,18H2,1-5H3/b29-17-/t31-/m1/s1. The molecule has 0 radical (unpaired) electrons. The van der Waals surface area contributed by atoms with Crippen molar-refractivity contribution in [2.45, 2.75) is 26.4 Å². The summed E-state index contributed by atoms with van der Waals surface area (Å²) in [6, 6.07) is 16.9. The van der Waals surface area contributed by atoms with Gasteiger partial charge in [0, 0.05) is 29.2 Å². The number of aromatic nitrogens is 2. The summed E-state index contributed by atoms with van der Waals surface area (Å²) in [6.45, 7) is 4.14. The van der Waals surface area contributed by atoms with E-state index >= 15 is 0 Å². The van der Waals surface area contributed by atoms with Crippen molar-refractivity contribution in [3.05, 3.63) is 120 Å². The van der Waals surface area contributed by atoms with E-state index in [1.54, 1.807) is 38.1 Å².